The van der Waals surface area contributed by atoms with E-state index in [2.05, 4.69) is 10.3 Å². The molecular formula is C30H29F3N4O5. The van der Waals surface area contributed by atoms with Gasteiger partial charge in [-0.3, -0.25) is 19.4 Å². The van der Waals surface area contributed by atoms with E-state index < -0.39 is 59.0 Å². The van der Waals surface area contributed by atoms with Gasteiger partial charge in [-0.05, 0) is 75.1 Å². The number of nitrogens with one attached hydrogen (secondary N) is 1. The number of carbonyl (C=O) groups is 4. The number of rotatable bonds is 7. The minimum absolute atomic E-state index is 0.0280. The van der Waals surface area contributed by atoms with Gasteiger partial charge in [0.05, 0.1) is 17.3 Å². The fourth-order valence-corrected chi connectivity index (χ4v) is 4.74. The molecule has 1 fully saturated rings. The van der Waals surface area contributed by atoms with Crippen LogP contribution in [0.25, 0.3) is 11.1 Å². The summed E-state index contributed by atoms with van der Waals surface area (Å²) >= 11 is 0. The molecule has 0 aliphatic carbocycles. The number of likely N-dealkylation sites (tertiary alicyclic amines) is 1. The molecule has 220 valence electrons. The molecule has 4 rings (SSSR count). The minimum atomic E-state index is -1.21. The molecule has 4 amide bonds. The lowest BCUT2D eigenvalue weighted by atomic mass is 9.94. The predicted molar refractivity (Wildman–Crippen MR) is 145 cm³/mol. The lowest BCUT2D eigenvalue weighted by Crippen LogP contribution is -2.50. The Balaban J connectivity index is 1.75. The molecule has 0 saturated carbocycles. The number of nitrogens with zero attached hydrogens (tertiary/aromatic N) is 2. The molecule has 42 heavy (non-hydrogen) atoms. The SMILES string of the molecule is CC(C)(C)OC(=O)N1C(=O)CCC1C(=O)N[C@@H](Cc1cc(F)cc(F)c1)c1ncccc1-c1ccc(F)c(C(N)=O)c1. The van der Waals surface area contributed by atoms with E-state index in [1.165, 1.54) is 18.3 Å². The monoisotopic (exact) mass is 582 g/mol. The first-order valence-electron chi connectivity index (χ1n) is 13.1. The molecule has 1 aromatic heterocycles. The van der Waals surface area contributed by atoms with Gasteiger partial charge in [0.2, 0.25) is 11.8 Å². The highest BCUT2D eigenvalue weighted by molar-refractivity contribution is 6.01. The molecule has 12 heteroatoms. The molecule has 0 bridgehead atoms. The molecular weight excluding hydrogens is 553 g/mol. The van der Waals surface area contributed by atoms with Crippen LogP contribution in [-0.2, 0) is 20.7 Å². The maximum Gasteiger partial charge on any atom is 0.417 e. The van der Waals surface area contributed by atoms with E-state index in [0.29, 0.717) is 17.2 Å². The summed E-state index contributed by atoms with van der Waals surface area (Å²) in [7, 11) is 0. The van der Waals surface area contributed by atoms with Gasteiger partial charge in [-0.2, -0.15) is 0 Å². The third kappa shape index (κ3) is 6.93. The molecule has 2 atom stereocenters. The number of amides is 4. The summed E-state index contributed by atoms with van der Waals surface area (Å²) in [4.78, 5) is 55.9. The minimum Gasteiger partial charge on any atom is -0.443 e. The van der Waals surface area contributed by atoms with Crippen LogP contribution in [0.2, 0.25) is 0 Å². The van der Waals surface area contributed by atoms with Crippen molar-refractivity contribution in [2.24, 2.45) is 5.73 Å². The van der Waals surface area contributed by atoms with E-state index in [0.717, 1.165) is 23.1 Å². The van der Waals surface area contributed by atoms with Crippen molar-refractivity contribution >= 4 is 23.8 Å². The topological polar surface area (TPSA) is 132 Å². The van der Waals surface area contributed by atoms with E-state index in [1.54, 1.807) is 32.9 Å². The molecule has 3 aromatic rings. The smallest absolute Gasteiger partial charge is 0.417 e. The molecule has 3 N–H and O–H groups in total. The zero-order valence-electron chi connectivity index (χ0n) is 23.1. The molecule has 2 aromatic carbocycles. The third-order valence-electron chi connectivity index (χ3n) is 6.49. The molecule has 1 aliphatic rings. The summed E-state index contributed by atoms with van der Waals surface area (Å²) in [5.41, 5.74) is 5.13. The van der Waals surface area contributed by atoms with Crippen molar-refractivity contribution < 1.29 is 37.1 Å². The Hall–Kier alpha value is -4.74. The zero-order valence-corrected chi connectivity index (χ0v) is 23.1. The Labute approximate surface area is 239 Å². The Bertz CT molecular complexity index is 1540. The van der Waals surface area contributed by atoms with Crippen molar-refractivity contribution in [2.45, 2.75) is 57.7 Å². The van der Waals surface area contributed by atoms with E-state index in [4.69, 9.17) is 10.5 Å². The first kappa shape index (κ1) is 30.2. The highest BCUT2D eigenvalue weighted by Gasteiger charge is 2.43. The average molecular weight is 583 g/mol. The third-order valence-corrected chi connectivity index (χ3v) is 6.49. The molecule has 1 aliphatic heterocycles. The van der Waals surface area contributed by atoms with Crippen LogP contribution in [0.1, 0.15) is 61.3 Å². The van der Waals surface area contributed by atoms with Gasteiger partial charge in [-0.25, -0.2) is 22.9 Å². The standard InChI is InChI=1S/C30H29F3N4O5/c1-30(2,3)42-29(41)37-24(8-9-25(37)38)28(40)36-23(13-16-11-18(31)15-19(32)12-16)26-20(5-4-10-35-26)17-6-7-22(33)21(14-17)27(34)39/h4-7,10-12,14-15,23-24H,8-9,13H2,1-3H3,(H2,34,39)(H,36,40)/t23-,24?/m0/s1. The Kier molecular flexibility index (Phi) is 8.64. The van der Waals surface area contributed by atoms with Gasteiger partial charge in [0, 0.05) is 24.2 Å². The van der Waals surface area contributed by atoms with E-state index in [9.17, 15) is 32.3 Å². The number of hydrogen-bond acceptors (Lipinski definition) is 6. The summed E-state index contributed by atoms with van der Waals surface area (Å²) in [6, 6.07) is 7.51. The number of imide groups is 1. The maximum absolute atomic E-state index is 14.2. The Morgan fingerprint density at radius 1 is 1.10 bits per heavy atom. The highest BCUT2D eigenvalue weighted by Crippen LogP contribution is 2.31. The van der Waals surface area contributed by atoms with Crippen LogP contribution in [-0.4, -0.2) is 45.3 Å². The van der Waals surface area contributed by atoms with Gasteiger partial charge in [0.25, 0.3) is 5.91 Å². The second-order valence-corrected chi connectivity index (χ2v) is 10.8. The number of hydrogen-bond donors (Lipinski definition) is 2. The highest BCUT2D eigenvalue weighted by atomic mass is 19.1. The predicted octanol–water partition coefficient (Wildman–Crippen LogP) is 4.59. The lowest BCUT2D eigenvalue weighted by Gasteiger charge is -2.28. The molecule has 0 radical (unpaired) electrons. The number of primary amides is 1. The van der Waals surface area contributed by atoms with Crippen molar-refractivity contribution in [1.82, 2.24) is 15.2 Å². The van der Waals surface area contributed by atoms with Crippen LogP contribution in [0.5, 0.6) is 0 Å². The molecule has 1 saturated heterocycles. The van der Waals surface area contributed by atoms with Gasteiger partial charge in [0.15, 0.2) is 0 Å². The first-order valence-corrected chi connectivity index (χ1v) is 13.1. The van der Waals surface area contributed by atoms with Gasteiger partial charge < -0.3 is 15.8 Å². The van der Waals surface area contributed by atoms with Gasteiger partial charge in [0.1, 0.15) is 29.1 Å². The fourth-order valence-electron chi connectivity index (χ4n) is 4.74. The van der Waals surface area contributed by atoms with E-state index >= 15 is 0 Å². The summed E-state index contributed by atoms with van der Waals surface area (Å²) in [5.74, 6) is -4.80. The molecule has 0 spiro atoms. The van der Waals surface area contributed by atoms with Crippen molar-refractivity contribution in [2.75, 3.05) is 0 Å². The summed E-state index contributed by atoms with van der Waals surface area (Å²) in [6.45, 7) is 4.86. The number of pyridine rings is 1. The van der Waals surface area contributed by atoms with Crippen LogP contribution in [0.3, 0.4) is 0 Å². The van der Waals surface area contributed by atoms with Crippen LogP contribution < -0.4 is 11.1 Å². The van der Waals surface area contributed by atoms with Crippen LogP contribution in [0.4, 0.5) is 18.0 Å². The van der Waals surface area contributed by atoms with Crippen LogP contribution in [0.15, 0.2) is 54.7 Å². The first-order chi connectivity index (χ1) is 19.7. The second-order valence-electron chi connectivity index (χ2n) is 10.8. The Morgan fingerprint density at radius 3 is 2.43 bits per heavy atom. The average Bonchev–Trinajstić information content (AvgIpc) is 3.28. The van der Waals surface area contributed by atoms with Crippen molar-refractivity contribution in [1.29, 1.82) is 0 Å². The van der Waals surface area contributed by atoms with E-state index in [1.807, 2.05) is 0 Å². The zero-order chi connectivity index (χ0) is 30.8. The number of benzene rings is 2. The number of halogens is 3. The number of ether oxygens (including phenoxy) is 1. The second kappa shape index (κ2) is 12.0. The van der Waals surface area contributed by atoms with Crippen molar-refractivity contribution in [3.05, 3.63) is 89.0 Å². The Morgan fingerprint density at radius 2 is 1.79 bits per heavy atom. The van der Waals surface area contributed by atoms with E-state index in [-0.39, 0.29) is 36.1 Å². The maximum atomic E-state index is 14.2. The van der Waals surface area contributed by atoms with Gasteiger partial charge >= 0.3 is 6.09 Å². The molecule has 9 nitrogen and oxygen atoms in total. The molecule has 1 unspecified atom stereocenters. The molecule has 2 heterocycles. The number of aromatic nitrogens is 1. The fraction of sp³-hybridized carbons (Fsp3) is 0.300. The number of nitrogens with two attached hydrogens (primary N) is 1. The van der Waals surface area contributed by atoms with Crippen LogP contribution in [0, 0.1) is 17.5 Å². The number of carbonyl (C=O) groups excluding carboxylic acids is 4. The quantitative estimate of drug-likeness (QED) is 0.419. The lowest BCUT2D eigenvalue weighted by molar-refractivity contribution is -0.134. The largest absolute Gasteiger partial charge is 0.443 e. The van der Waals surface area contributed by atoms with Crippen LogP contribution >= 0.6 is 0 Å². The van der Waals surface area contributed by atoms with Crippen molar-refractivity contribution in [3.8, 4) is 11.1 Å². The van der Waals surface area contributed by atoms with Gasteiger partial charge in [-0.15, -0.1) is 0 Å². The summed E-state index contributed by atoms with van der Waals surface area (Å²) in [6.07, 6.45) is 0.256. The summed E-state index contributed by atoms with van der Waals surface area (Å²) in [5, 5.41) is 2.78. The van der Waals surface area contributed by atoms with Crippen molar-refractivity contribution in [3.63, 3.8) is 0 Å². The van der Waals surface area contributed by atoms with Gasteiger partial charge in [-0.1, -0.05) is 12.1 Å². The summed E-state index contributed by atoms with van der Waals surface area (Å²) < 4.78 is 47.7. The normalized spacial score (nSPS) is 15.8.